The summed E-state index contributed by atoms with van der Waals surface area (Å²) in [7, 11) is 0. The number of aliphatic hydroxyl groups is 1. The Bertz CT molecular complexity index is 367. The molecule has 1 unspecified atom stereocenters. The Kier molecular flexibility index (Phi) is 4.34. The smallest absolute Gasteiger partial charge is 0.0715 e. The van der Waals surface area contributed by atoms with Crippen molar-refractivity contribution in [2.45, 2.75) is 53.2 Å². The fourth-order valence-corrected chi connectivity index (χ4v) is 2.38. The lowest BCUT2D eigenvalue weighted by atomic mass is 9.94. The van der Waals surface area contributed by atoms with E-state index in [0.717, 1.165) is 0 Å². The van der Waals surface area contributed by atoms with E-state index in [9.17, 15) is 5.11 Å². The molecule has 96 valence electrons. The summed E-state index contributed by atoms with van der Waals surface area (Å²) in [5, 5.41) is 13.1. The zero-order valence-electron chi connectivity index (χ0n) is 11.9. The first-order valence-corrected chi connectivity index (χ1v) is 6.24. The van der Waals surface area contributed by atoms with Gasteiger partial charge in [0.25, 0.3) is 0 Å². The molecule has 0 saturated carbocycles. The van der Waals surface area contributed by atoms with Crippen molar-refractivity contribution in [1.82, 2.24) is 5.32 Å². The Labute approximate surface area is 105 Å². The molecule has 1 atom stereocenters. The second kappa shape index (κ2) is 5.19. The summed E-state index contributed by atoms with van der Waals surface area (Å²) in [6.45, 7) is 12.8. The predicted octanol–water partition coefficient (Wildman–Crippen LogP) is 3.03. The Morgan fingerprint density at radius 3 is 2.06 bits per heavy atom. The molecular formula is C15H25NO. The first-order chi connectivity index (χ1) is 7.70. The lowest BCUT2D eigenvalue weighted by Crippen LogP contribution is -2.36. The fraction of sp³-hybridized carbons (Fsp3) is 0.600. The minimum atomic E-state index is -0.666. The lowest BCUT2D eigenvalue weighted by Gasteiger charge is -2.24. The van der Waals surface area contributed by atoms with Crippen molar-refractivity contribution < 1.29 is 5.11 Å². The Hall–Kier alpha value is -0.860. The molecule has 0 bridgehead atoms. The quantitative estimate of drug-likeness (QED) is 0.840. The molecule has 1 aromatic carbocycles. The van der Waals surface area contributed by atoms with E-state index in [1.54, 1.807) is 0 Å². The summed E-state index contributed by atoms with van der Waals surface area (Å²) in [4.78, 5) is 0. The van der Waals surface area contributed by atoms with Gasteiger partial charge in [-0.05, 0) is 58.2 Å². The van der Waals surface area contributed by atoms with E-state index in [4.69, 9.17) is 0 Å². The Morgan fingerprint density at radius 2 is 1.65 bits per heavy atom. The van der Waals surface area contributed by atoms with Crippen molar-refractivity contribution in [3.8, 4) is 0 Å². The standard InChI is InChI=1S/C15H25NO/c1-10-7-11(2)14(12(3)8-10)13(4)16-9-15(5,6)17/h7-8,13,16-17H,9H2,1-6H3. The fourth-order valence-electron chi connectivity index (χ4n) is 2.38. The van der Waals surface area contributed by atoms with E-state index in [0.29, 0.717) is 6.54 Å². The molecule has 0 aromatic heterocycles. The Balaban J connectivity index is 2.86. The third kappa shape index (κ3) is 4.14. The van der Waals surface area contributed by atoms with E-state index in [1.807, 2.05) is 13.8 Å². The van der Waals surface area contributed by atoms with Crippen LogP contribution in [0.4, 0.5) is 0 Å². The van der Waals surface area contributed by atoms with Crippen LogP contribution >= 0.6 is 0 Å². The molecule has 0 aliphatic rings. The van der Waals surface area contributed by atoms with Crippen LogP contribution in [-0.2, 0) is 0 Å². The topological polar surface area (TPSA) is 32.3 Å². The molecule has 0 fully saturated rings. The predicted molar refractivity (Wildman–Crippen MR) is 73.4 cm³/mol. The van der Waals surface area contributed by atoms with Gasteiger partial charge in [0.2, 0.25) is 0 Å². The van der Waals surface area contributed by atoms with Crippen molar-refractivity contribution >= 4 is 0 Å². The van der Waals surface area contributed by atoms with Crippen molar-refractivity contribution in [3.05, 3.63) is 34.4 Å². The highest BCUT2D eigenvalue weighted by Crippen LogP contribution is 2.23. The molecule has 1 aromatic rings. The molecule has 2 N–H and O–H groups in total. The monoisotopic (exact) mass is 235 g/mol. The van der Waals surface area contributed by atoms with Gasteiger partial charge in [-0.2, -0.15) is 0 Å². The normalized spacial score (nSPS) is 13.8. The van der Waals surface area contributed by atoms with Crippen LogP contribution in [0.2, 0.25) is 0 Å². The van der Waals surface area contributed by atoms with Gasteiger partial charge in [0, 0.05) is 12.6 Å². The molecule has 2 nitrogen and oxygen atoms in total. The number of benzene rings is 1. The number of nitrogens with one attached hydrogen (secondary N) is 1. The minimum absolute atomic E-state index is 0.266. The third-order valence-corrected chi connectivity index (χ3v) is 3.01. The summed E-state index contributed by atoms with van der Waals surface area (Å²) in [6.07, 6.45) is 0. The van der Waals surface area contributed by atoms with Gasteiger partial charge in [-0.25, -0.2) is 0 Å². The zero-order chi connectivity index (χ0) is 13.2. The molecule has 0 saturated heterocycles. The van der Waals surface area contributed by atoms with Gasteiger partial charge in [-0.1, -0.05) is 17.7 Å². The summed E-state index contributed by atoms with van der Waals surface area (Å²) in [6, 6.07) is 4.69. The molecule has 0 aliphatic heterocycles. The molecule has 1 rings (SSSR count). The molecule has 17 heavy (non-hydrogen) atoms. The van der Waals surface area contributed by atoms with Crippen molar-refractivity contribution in [3.63, 3.8) is 0 Å². The molecule has 0 radical (unpaired) electrons. The van der Waals surface area contributed by atoms with Crippen LogP contribution in [0.15, 0.2) is 12.1 Å². The maximum Gasteiger partial charge on any atom is 0.0715 e. The number of aryl methyl sites for hydroxylation is 3. The minimum Gasteiger partial charge on any atom is -0.389 e. The van der Waals surface area contributed by atoms with Crippen LogP contribution in [0, 0.1) is 20.8 Å². The van der Waals surface area contributed by atoms with E-state index in [-0.39, 0.29) is 6.04 Å². The van der Waals surface area contributed by atoms with Crippen LogP contribution < -0.4 is 5.32 Å². The van der Waals surface area contributed by atoms with Crippen molar-refractivity contribution in [1.29, 1.82) is 0 Å². The van der Waals surface area contributed by atoms with Gasteiger partial charge in [0.1, 0.15) is 0 Å². The molecular weight excluding hydrogens is 210 g/mol. The summed E-state index contributed by atoms with van der Waals surface area (Å²) in [5.74, 6) is 0. The highest BCUT2D eigenvalue weighted by molar-refractivity contribution is 5.39. The average Bonchev–Trinajstić information content (AvgIpc) is 2.11. The maximum absolute atomic E-state index is 9.73. The number of hydrogen-bond acceptors (Lipinski definition) is 2. The SMILES string of the molecule is Cc1cc(C)c(C(C)NCC(C)(C)O)c(C)c1. The molecule has 0 aliphatic carbocycles. The third-order valence-electron chi connectivity index (χ3n) is 3.01. The molecule has 0 amide bonds. The first kappa shape index (κ1) is 14.2. The highest BCUT2D eigenvalue weighted by atomic mass is 16.3. The average molecular weight is 235 g/mol. The maximum atomic E-state index is 9.73. The van der Waals surface area contributed by atoms with E-state index in [2.05, 4.69) is 45.1 Å². The second-order valence-corrected chi connectivity index (χ2v) is 5.73. The van der Waals surface area contributed by atoms with Crippen LogP contribution in [0.1, 0.15) is 49.1 Å². The highest BCUT2D eigenvalue weighted by Gasteiger charge is 2.16. The lowest BCUT2D eigenvalue weighted by molar-refractivity contribution is 0.0770. The molecule has 0 heterocycles. The van der Waals surface area contributed by atoms with E-state index >= 15 is 0 Å². The second-order valence-electron chi connectivity index (χ2n) is 5.73. The van der Waals surface area contributed by atoms with Crippen molar-refractivity contribution in [2.75, 3.05) is 6.54 Å². The van der Waals surface area contributed by atoms with Gasteiger partial charge in [-0.15, -0.1) is 0 Å². The van der Waals surface area contributed by atoms with Crippen LogP contribution in [0.5, 0.6) is 0 Å². The van der Waals surface area contributed by atoms with Gasteiger partial charge in [0.15, 0.2) is 0 Å². The van der Waals surface area contributed by atoms with Crippen LogP contribution in [0.3, 0.4) is 0 Å². The van der Waals surface area contributed by atoms with Gasteiger partial charge < -0.3 is 10.4 Å². The van der Waals surface area contributed by atoms with Crippen LogP contribution in [0.25, 0.3) is 0 Å². The largest absolute Gasteiger partial charge is 0.389 e. The van der Waals surface area contributed by atoms with Gasteiger partial charge in [-0.3, -0.25) is 0 Å². The van der Waals surface area contributed by atoms with Gasteiger partial charge >= 0.3 is 0 Å². The number of hydrogen-bond donors (Lipinski definition) is 2. The van der Waals surface area contributed by atoms with Crippen LogP contribution in [-0.4, -0.2) is 17.3 Å². The van der Waals surface area contributed by atoms with Crippen molar-refractivity contribution in [2.24, 2.45) is 0 Å². The summed E-state index contributed by atoms with van der Waals surface area (Å²) < 4.78 is 0. The Morgan fingerprint density at radius 1 is 1.18 bits per heavy atom. The first-order valence-electron chi connectivity index (χ1n) is 6.24. The molecule has 0 spiro atoms. The van der Waals surface area contributed by atoms with E-state index in [1.165, 1.54) is 22.3 Å². The zero-order valence-corrected chi connectivity index (χ0v) is 11.9. The summed E-state index contributed by atoms with van der Waals surface area (Å²) >= 11 is 0. The number of rotatable bonds is 4. The summed E-state index contributed by atoms with van der Waals surface area (Å²) in [5.41, 5.74) is 4.62. The van der Waals surface area contributed by atoms with E-state index < -0.39 is 5.60 Å². The molecule has 2 heteroatoms. The van der Waals surface area contributed by atoms with Gasteiger partial charge in [0.05, 0.1) is 5.60 Å².